The highest BCUT2D eigenvalue weighted by Gasteiger charge is 2.27. The van der Waals surface area contributed by atoms with Crippen molar-refractivity contribution in [1.29, 1.82) is 0 Å². The topological polar surface area (TPSA) is 155 Å². The number of ether oxygens (including phenoxy) is 2. The lowest BCUT2D eigenvalue weighted by atomic mass is 10.1. The molecule has 346 valence electrons. The second-order valence-corrected chi connectivity index (χ2v) is 16.2. The van der Waals surface area contributed by atoms with E-state index >= 15 is 0 Å². The van der Waals surface area contributed by atoms with E-state index in [4.69, 9.17) is 29.4 Å². The standard InChI is InChI=1S/C50H82NO9P/c1-3-5-7-9-11-13-15-17-19-21-23-24-25-26-28-30-32-34-36-38-40-42-49(52)60-47(45-58-61(55,56)59-46-48(51)50(53)54)44-57-43-41-39-37-35-33-31-29-27-22-20-18-16-14-12-10-8-6-4-2/h5-8,11-14,17-20,23-24,26,28,32,34,47-48H,3-4,9-10,15-16,21-22,25,27,29-31,33,35-46,51H2,1-2H3,(H,53,54)(H,55,56)/b7-5-,8-6-,13-11-,14-12-,19-17-,20-18-,24-23-,28-26-,34-32-. The number of aliphatic carboxylic acids is 1. The van der Waals surface area contributed by atoms with E-state index in [0.29, 0.717) is 13.0 Å². The van der Waals surface area contributed by atoms with E-state index in [1.54, 1.807) is 0 Å². The molecule has 10 nitrogen and oxygen atoms in total. The highest BCUT2D eigenvalue weighted by atomic mass is 31.2. The predicted molar refractivity (Wildman–Crippen MR) is 253 cm³/mol. The van der Waals surface area contributed by atoms with Gasteiger partial charge in [-0.15, -0.1) is 0 Å². The third-order valence-electron chi connectivity index (χ3n) is 9.05. The molecular formula is C50H82NO9P. The normalized spacial score (nSPS) is 14.8. The molecule has 0 amide bonds. The minimum atomic E-state index is -4.64. The van der Waals surface area contributed by atoms with Crippen LogP contribution in [0, 0.1) is 0 Å². The summed E-state index contributed by atoms with van der Waals surface area (Å²) in [4.78, 5) is 33.6. The van der Waals surface area contributed by atoms with Crippen LogP contribution in [0.5, 0.6) is 0 Å². The fraction of sp³-hybridized carbons (Fsp3) is 0.600. The van der Waals surface area contributed by atoms with Gasteiger partial charge in [0.05, 0.1) is 19.8 Å². The molecule has 0 aliphatic heterocycles. The van der Waals surface area contributed by atoms with Gasteiger partial charge in [0.25, 0.3) is 0 Å². The SMILES string of the molecule is CC/C=C\C/C=C\C/C=C\C/C=C\C/C=C\C/C=C\CCCCC(=O)OC(COCCCCCCCCCC/C=C\C/C=C\C/C=C\CC)COP(=O)(O)OCC(N)C(=O)O. The minimum Gasteiger partial charge on any atom is -0.480 e. The number of carbonyl (C=O) groups is 2. The van der Waals surface area contributed by atoms with Crippen LogP contribution in [0.4, 0.5) is 0 Å². The quantitative estimate of drug-likeness (QED) is 0.0234. The van der Waals surface area contributed by atoms with Gasteiger partial charge in [0, 0.05) is 13.0 Å². The third kappa shape index (κ3) is 44.5. The van der Waals surface area contributed by atoms with Crippen LogP contribution in [0.1, 0.15) is 155 Å². The largest absolute Gasteiger partial charge is 0.480 e. The molecule has 0 bridgehead atoms. The lowest BCUT2D eigenvalue weighted by molar-refractivity contribution is -0.154. The van der Waals surface area contributed by atoms with Gasteiger partial charge >= 0.3 is 19.8 Å². The Bertz CT molecular complexity index is 1380. The lowest BCUT2D eigenvalue weighted by Crippen LogP contribution is -2.34. The summed E-state index contributed by atoms with van der Waals surface area (Å²) in [5, 5.41) is 8.91. The lowest BCUT2D eigenvalue weighted by Gasteiger charge is -2.20. The number of nitrogens with two attached hydrogens (primary N) is 1. The summed E-state index contributed by atoms with van der Waals surface area (Å²) < 4.78 is 33.4. The first kappa shape index (κ1) is 57.6. The van der Waals surface area contributed by atoms with Gasteiger partial charge in [-0.05, 0) is 96.3 Å². The van der Waals surface area contributed by atoms with Gasteiger partial charge in [-0.25, -0.2) is 4.57 Å². The van der Waals surface area contributed by atoms with Crippen molar-refractivity contribution >= 4 is 19.8 Å². The Morgan fingerprint density at radius 3 is 1.34 bits per heavy atom. The fourth-order valence-corrected chi connectivity index (χ4v) is 6.34. The van der Waals surface area contributed by atoms with E-state index in [1.807, 2.05) is 0 Å². The van der Waals surface area contributed by atoms with Gasteiger partial charge in [-0.3, -0.25) is 18.6 Å². The zero-order valence-electron chi connectivity index (χ0n) is 37.7. The molecule has 0 aliphatic carbocycles. The van der Waals surface area contributed by atoms with E-state index in [-0.39, 0.29) is 13.0 Å². The van der Waals surface area contributed by atoms with Crippen molar-refractivity contribution in [1.82, 2.24) is 0 Å². The average molecular weight is 872 g/mol. The van der Waals surface area contributed by atoms with Crippen molar-refractivity contribution in [2.45, 2.75) is 167 Å². The van der Waals surface area contributed by atoms with Crippen molar-refractivity contribution in [2.75, 3.05) is 26.4 Å². The molecule has 0 radical (unpaired) electrons. The number of hydrogen-bond donors (Lipinski definition) is 3. The molecule has 0 heterocycles. The average Bonchev–Trinajstić information content (AvgIpc) is 3.24. The summed E-state index contributed by atoms with van der Waals surface area (Å²) in [5.41, 5.74) is 5.36. The van der Waals surface area contributed by atoms with Gasteiger partial charge in [0.2, 0.25) is 0 Å². The molecule has 0 spiro atoms. The minimum absolute atomic E-state index is 0.0139. The summed E-state index contributed by atoms with van der Waals surface area (Å²) in [5.74, 6) is -1.84. The van der Waals surface area contributed by atoms with Crippen LogP contribution in [0.25, 0.3) is 0 Å². The second kappa shape index (κ2) is 44.7. The molecule has 4 N–H and O–H groups in total. The van der Waals surface area contributed by atoms with Gasteiger partial charge in [-0.1, -0.05) is 162 Å². The van der Waals surface area contributed by atoms with Gasteiger partial charge in [0.1, 0.15) is 12.1 Å². The summed E-state index contributed by atoms with van der Waals surface area (Å²) in [7, 11) is -4.64. The summed E-state index contributed by atoms with van der Waals surface area (Å²) in [6.07, 6.45) is 60.0. The summed E-state index contributed by atoms with van der Waals surface area (Å²) in [6.45, 7) is 3.56. The highest BCUT2D eigenvalue weighted by Crippen LogP contribution is 2.43. The Morgan fingerprint density at radius 1 is 0.525 bits per heavy atom. The molecule has 0 saturated heterocycles. The number of carboxylic acid groups (broad SMARTS) is 1. The van der Waals surface area contributed by atoms with Crippen molar-refractivity contribution in [3.63, 3.8) is 0 Å². The summed E-state index contributed by atoms with van der Waals surface area (Å²) >= 11 is 0. The molecule has 11 heteroatoms. The Balaban J connectivity index is 4.34. The number of allylic oxidation sites excluding steroid dienone is 18. The van der Waals surface area contributed by atoms with Crippen molar-refractivity contribution < 1.29 is 42.7 Å². The van der Waals surface area contributed by atoms with Crippen molar-refractivity contribution in [3.8, 4) is 0 Å². The van der Waals surface area contributed by atoms with Crippen molar-refractivity contribution in [3.05, 3.63) is 109 Å². The third-order valence-corrected chi connectivity index (χ3v) is 10.00. The Morgan fingerprint density at radius 2 is 0.902 bits per heavy atom. The number of hydrogen-bond acceptors (Lipinski definition) is 8. The number of carboxylic acids is 1. The first-order valence-electron chi connectivity index (χ1n) is 22.9. The van der Waals surface area contributed by atoms with Crippen LogP contribution in [-0.2, 0) is 32.7 Å². The van der Waals surface area contributed by atoms with Crippen molar-refractivity contribution in [2.24, 2.45) is 5.73 Å². The molecule has 61 heavy (non-hydrogen) atoms. The van der Waals surface area contributed by atoms with Gasteiger partial charge in [0.15, 0.2) is 0 Å². The van der Waals surface area contributed by atoms with Crippen LogP contribution in [0.2, 0.25) is 0 Å². The van der Waals surface area contributed by atoms with E-state index in [1.165, 1.54) is 32.1 Å². The molecule has 3 unspecified atom stereocenters. The van der Waals surface area contributed by atoms with Crippen LogP contribution in [0.3, 0.4) is 0 Å². The number of esters is 1. The van der Waals surface area contributed by atoms with E-state index in [2.05, 4.69) is 123 Å². The van der Waals surface area contributed by atoms with Crippen LogP contribution < -0.4 is 5.73 Å². The molecule has 0 rings (SSSR count). The fourth-order valence-electron chi connectivity index (χ4n) is 5.56. The Hall–Kier alpha value is -3.37. The molecule has 0 aromatic heterocycles. The summed E-state index contributed by atoms with van der Waals surface area (Å²) in [6, 6.07) is -1.49. The van der Waals surface area contributed by atoms with Gasteiger partial charge < -0.3 is 25.2 Å². The number of rotatable bonds is 42. The molecule has 0 aromatic carbocycles. The first-order chi connectivity index (χ1) is 29.7. The van der Waals surface area contributed by atoms with E-state index in [0.717, 1.165) is 96.3 Å². The number of unbranched alkanes of at least 4 members (excludes halogenated alkanes) is 10. The Kier molecular flexibility index (Phi) is 42.2. The smallest absolute Gasteiger partial charge is 0.472 e. The number of phosphoric acid groups is 1. The maximum Gasteiger partial charge on any atom is 0.472 e. The molecule has 0 saturated carbocycles. The number of carbonyl (C=O) groups excluding carboxylic acids is 1. The first-order valence-corrected chi connectivity index (χ1v) is 24.4. The highest BCUT2D eigenvalue weighted by molar-refractivity contribution is 7.47. The number of phosphoric ester groups is 1. The second-order valence-electron chi connectivity index (χ2n) is 14.8. The van der Waals surface area contributed by atoms with Crippen LogP contribution in [0.15, 0.2) is 109 Å². The molecule has 0 aliphatic rings. The van der Waals surface area contributed by atoms with Crippen LogP contribution >= 0.6 is 7.82 Å². The molecule has 0 aromatic rings. The van der Waals surface area contributed by atoms with Gasteiger partial charge in [-0.2, -0.15) is 0 Å². The maximum atomic E-state index is 12.7. The Labute approximate surface area is 370 Å². The molecular weight excluding hydrogens is 790 g/mol. The zero-order valence-corrected chi connectivity index (χ0v) is 38.6. The molecule has 3 atom stereocenters. The predicted octanol–water partition coefficient (Wildman–Crippen LogP) is 13.1. The van der Waals surface area contributed by atoms with Crippen LogP contribution in [-0.4, -0.2) is 60.5 Å². The van der Waals surface area contributed by atoms with E-state index < -0.39 is 45.1 Å². The monoisotopic (exact) mass is 872 g/mol. The molecule has 0 fully saturated rings. The zero-order chi connectivity index (χ0) is 44.8. The van der Waals surface area contributed by atoms with E-state index in [9.17, 15) is 19.0 Å². The maximum absolute atomic E-state index is 12.7.